The zero-order valence-corrected chi connectivity index (χ0v) is 14.4. The van der Waals surface area contributed by atoms with Gasteiger partial charge in [-0.3, -0.25) is 0 Å². The van der Waals surface area contributed by atoms with Gasteiger partial charge in [0.05, 0.1) is 0 Å². The van der Waals surface area contributed by atoms with Crippen LogP contribution in [0.3, 0.4) is 0 Å². The Balaban J connectivity index is 2.79. The third-order valence-electron chi connectivity index (χ3n) is 3.51. The molecule has 0 saturated carbocycles. The second kappa shape index (κ2) is 7.52. The summed E-state index contributed by atoms with van der Waals surface area (Å²) >= 11 is 0. The Morgan fingerprint density at radius 1 is 1.14 bits per heavy atom. The van der Waals surface area contributed by atoms with E-state index in [1.807, 2.05) is 12.1 Å². The van der Waals surface area contributed by atoms with Crippen molar-refractivity contribution in [3.63, 3.8) is 0 Å². The van der Waals surface area contributed by atoms with Gasteiger partial charge >= 0.3 is 6.16 Å². The smallest absolute Gasteiger partial charge is 0.455 e. The fourth-order valence-electron chi connectivity index (χ4n) is 2.55. The molecule has 0 aliphatic heterocycles. The Morgan fingerprint density at radius 3 is 2.09 bits per heavy atom. The molecule has 1 aromatic rings. The summed E-state index contributed by atoms with van der Waals surface area (Å²) in [6.07, 6.45) is -1.04. The van der Waals surface area contributed by atoms with Crippen molar-refractivity contribution >= 4 is 6.16 Å². The molecule has 0 radical (unpaired) electrons. The van der Waals surface area contributed by atoms with Crippen molar-refractivity contribution in [1.82, 2.24) is 0 Å². The number of carbonyl (C=O) groups is 1. The first-order chi connectivity index (χ1) is 10.1. The van der Waals surface area contributed by atoms with Gasteiger partial charge in [0.15, 0.2) is 0 Å². The Hall–Kier alpha value is -1.71. The number of hydrogen-bond acceptors (Lipinski definition) is 3. The molecule has 2 unspecified atom stereocenters. The van der Waals surface area contributed by atoms with Gasteiger partial charge in [-0.05, 0) is 41.4 Å². The monoisotopic (exact) mass is 308 g/mol. The number of ether oxygens (including phenoxy) is 2. The molecule has 1 rings (SSSR count). The second-order valence-corrected chi connectivity index (χ2v) is 7.25. The number of carboxylic acid groups (broad SMARTS) is 1. The van der Waals surface area contributed by atoms with Gasteiger partial charge in [-0.25, -0.2) is 4.79 Å². The van der Waals surface area contributed by atoms with Crippen molar-refractivity contribution in [1.29, 1.82) is 0 Å². The van der Waals surface area contributed by atoms with Crippen LogP contribution in [-0.2, 0) is 4.74 Å². The van der Waals surface area contributed by atoms with Crippen LogP contribution in [0, 0.1) is 11.3 Å². The van der Waals surface area contributed by atoms with Gasteiger partial charge in [0.1, 0.15) is 5.75 Å². The van der Waals surface area contributed by atoms with E-state index in [9.17, 15) is 4.79 Å². The Morgan fingerprint density at radius 2 is 1.68 bits per heavy atom. The predicted molar refractivity (Wildman–Crippen MR) is 87.3 cm³/mol. The van der Waals surface area contributed by atoms with Gasteiger partial charge in [-0.15, -0.1) is 0 Å². The third kappa shape index (κ3) is 6.37. The molecular formula is C18H28O4. The van der Waals surface area contributed by atoms with Crippen LogP contribution in [0.1, 0.15) is 59.4 Å². The molecule has 1 N–H and O–H groups in total. The zero-order valence-electron chi connectivity index (χ0n) is 14.4. The minimum atomic E-state index is -1.34. The number of hydrogen-bond donors (Lipinski definition) is 1. The zero-order chi connectivity index (χ0) is 16.9. The Labute approximate surface area is 133 Å². The minimum absolute atomic E-state index is 0.272. The first-order valence-corrected chi connectivity index (χ1v) is 7.74. The largest absolute Gasteiger partial charge is 0.508 e. The van der Waals surface area contributed by atoms with E-state index in [-0.39, 0.29) is 5.41 Å². The lowest BCUT2D eigenvalue weighted by Gasteiger charge is -2.29. The third-order valence-corrected chi connectivity index (χ3v) is 3.51. The van der Waals surface area contributed by atoms with E-state index in [0.29, 0.717) is 17.6 Å². The van der Waals surface area contributed by atoms with E-state index in [4.69, 9.17) is 9.84 Å². The highest BCUT2D eigenvalue weighted by Gasteiger charge is 2.23. The first kappa shape index (κ1) is 18.3. The van der Waals surface area contributed by atoms with Crippen molar-refractivity contribution in [3.05, 3.63) is 29.8 Å². The fourth-order valence-corrected chi connectivity index (χ4v) is 2.55. The highest BCUT2D eigenvalue weighted by Crippen LogP contribution is 2.36. The van der Waals surface area contributed by atoms with E-state index < -0.39 is 12.4 Å². The van der Waals surface area contributed by atoms with Crippen LogP contribution in [0.25, 0.3) is 0 Å². The lowest BCUT2D eigenvalue weighted by molar-refractivity contribution is -0.0405. The second-order valence-electron chi connectivity index (χ2n) is 7.25. The summed E-state index contributed by atoms with van der Waals surface area (Å²) in [5, 5.41) is 8.55. The van der Waals surface area contributed by atoms with Gasteiger partial charge in [-0.2, -0.15) is 0 Å². The van der Waals surface area contributed by atoms with Gasteiger partial charge in [0.25, 0.3) is 0 Å². The van der Waals surface area contributed by atoms with Crippen molar-refractivity contribution in [2.45, 2.75) is 60.2 Å². The molecule has 0 spiro atoms. The Kier molecular flexibility index (Phi) is 6.27. The molecule has 4 nitrogen and oxygen atoms in total. The standard InChI is InChI=1S/C18H28O4/c1-12(2)16(11-18(4,5)6)14-7-9-15(10-8-14)21-13(3)22-17(19)20/h7-10,12-13,16H,11H2,1-6H3,(H,19,20). The number of rotatable bonds is 6. The first-order valence-electron chi connectivity index (χ1n) is 7.74. The molecule has 22 heavy (non-hydrogen) atoms. The summed E-state index contributed by atoms with van der Waals surface area (Å²) in [4.78, 5) is 10.4. The van der Waals surface area contributed by atoms with Gasteiger partial charge in [0, 0.05) is 6.92 Å². The molecule has 0 aliphatic rings. The topological polar surface area (TPSA) is 55.8 Å². The van der Waals surface area contributed by atoms with Crippen LogP contribution < -0.4 is 4.74 Å². The molecule has 2 atom stereocenters. The maximum Gasteiger partial charge on any atom is 0.508 e. The minimum Gasteiger partial charge on any atom is -0.455 e. The molecule has 1 aromatic carbocycles. The van der Waals surface area contributed by atoms with Crippen molar-refractivity contribution in [2.24, 2.45) is 11.3 Å². The van der Waals surface area contributed by atoms with Crippen LogP contribution in [0.5, 0.6) is 5.75 Å². The van der Waals surface area contributed by atoms with Gasteiger partial charge in [0.2, 0.25) is 6.29 Å². The SMILES string of the molecule is CC(OC(=O)O)Oc1ccc(C(CC(C)(C)C)C(C)C)cc1. The highest BCUT2D eigenvalue weighted by atomic mass is 16.8. The average molecular weight is 308 g/mol. The molecule has 0 aliphatic carbocycles. The van der Waals surface area contributed by atoms with Crippen LogP contribution >= 0.6 is 0 Å². The van der Waals surface area contributed by atoms with E-state index in [1.54, 1.807) is 6.92 Å². The summed E-state index contributed by atoms with van der Waals surface area (Å²) in [6.45, 7) is 12.8. The van der Waals surface area contributed by atoms with Gasteiger partial charge < -0.3 is 14.6 Å². The van der Waals surface area contributed by atoms with Crippen LogP contribution in [0.2, 0.25) is 0 Å². The average Bonchev–Trinajstić information content (AvgIpc) is 2.34. The highest BCUT2D eigenvalue weighted by molar-refractivity contribution is 5.56. The lowest BCUT2D eigenvalue weighted by atomic mass is 9.76. The van der Waals surface area contributed by atoms with E-state index in [1.165, 1.54) is 5.56 Å². The van der Waals surface area contributed by atoms with E-state index in [0.717, 1.165) is 6.42 Å². The van der Waals surface area contributed by atoms with E-state index in [2.05, 4.69) is 51.5 Å². The summed E-state index contributed by atoms with van der Waals surface area (Å²) in [5.41, 5.74) is 1.55. The molecule has 0 amide bonds. The molecule has 0 heterocycles. The van der Waals surface area contributed by atoms with Crippen molar-refractivity contribution in [2.75, 3.05) is 0 Å². The van der Waals surface area contributed by atoms with Crippen molar-refractivity contribution in [3.8, 4) is 5.75 Å². The quantitative estimate of drug-likeness (QED) is 0.573. The summed E-state index contributed by atoms with van der Waals surface area (Å²) in [6, 6.07) is 7.85. The molecule has 0 fully saturated rings. The fraction of sp³-hybridized carbons (Fsp3) is 0.611. The summed E-state index contributed by atoms with van der Waals surface area (Å²) in [5.74, 6) is 1.65. The molecule has 4 heteroatoms. The molecule has 0 aromatic heterocycles. The molecule has 0 saturated heterocycles. The Bertz CT molecular complexity index is 471. The van der Waals surface area contributed by atoms with Gasteiger partial charge in [-0.1, -0.05) is 46.8 Å². The molecule has 124 valence electrons. The lowest BCUT2D eigenvalue weighted by Crippen LogP contribution is -2.19. The molecular weight excluding hydrogens is 280 g/mol. The molecule has 0 bridgehead atoms. The normalized spacial score (nSPS) is 14.5. The summed E-state index contributed by atoms with van der Waals surface area (Å²) in [7, 11) is 0. The maximum atomic E-state index is 10.4. The van der Waals surface area contributed by atoms with Crippen LogP contribution in [0.4, 0.5) is 4.79 Å². The predicted octanol–water partition coefficient (Wildman–Crippen LogP) is 5.28. The summed E-state index contributed by atoms with van der Waals surface area (Å²) < 4.78 is 9.95. The number of benzene rings is 1. The van der Waals surface area contributed by atoms with Crippen molar-refractivity contribution < 1.29 is 19.4 Å². The van der Waals surface area contributed by atoms with E-state index >= 15 is 0 Å². The maximum absolute atomic E-state index is 10.4. The van der Waals surface area contributed by atoms with Crippen LogP contribution in [0.15, 0.2) is 24.3 Å². The van der Waals surface area contributed by atoms with Crippen LogP contribution in [-0.4, -0.2) is 17.6 Å².